The van der Waals surface area contributed by atoms with Crippen LogP contribution >= 0.6 is 0 Å². The highest BCUT2D eigenvalue weighted by Gasteiger charge is 2.61. The summed E-state index contributed by atoms with van der Waals surface area (Å²) in [5.41, 5.74) is 0. The molecule has 8 heteroatoms. The predicted octanol–water partition coefficient (Wildman–Crippen LogP) is 3.64. The van der Waals surface area contributed by atoms with Crippen LogP contribution in [0, 0.1) is 0 Å². The molecular formula is C8H5F7O. The number of halogens is 7. The summed E-state index contributed by atoms with van der Waals surface area (Å²) in [6, 6.07) is 0. The molecule has 1 nitrogen and oxygen atoms in total. The van der Waals surface area contributed by atoms with Crippen molar-refractivity contribution in [2.45, 2.75) is 18.8 Å². The fourth-order valence-corrected chi connectivity index (χ4v) is 1.05. The Balaban J connectivity index is 3.40. The molecule has 0 amide bonds. The molecule has 0 radical (unpaired) electrons. The van der Waals surface area contributed by atoms with Gasteiger partial charge in [-0.3, -0.25) is 0 Å². The van der Waals surface area contributed by atoms with Gasteiger partial charge in [0.2, 0.25) is 23.2 Å². The molecule has 0 bridgehead atoms. The Hall–Kier alpha value is -1.21. The molecular weight excluding hydrogens is 245 g/mol. The summed E-state index contributed by atoms with van der Waals surface area (Å²) in [5.74, 6) is -21.1. The lowest BCUT2D eigenvalue weighted by molar-refractivity contribution is -0.0590. The summed E-state index contributed by atoms with van der Waals surface area (Å²) in [5, 5.41) is 0. The number of allylic oxidation sites excluding steroid dienone is 3. The number of hydrogen-bond donors (Lipinski definition) is 0. The van der Waals surface area contributed by atoms with E-state index in [1.807, 2.05) is 0 Å². The van der Waals surface area contributed by atoms with Crippen molar-refractivity contribution in [2.75, 3.05) is 6.61 Å². The van der Waals surface area contributed by atoms with Crippen molar-refractivity contribution in [2.24, 2.45) is 0 Å². The molecule has 0 spiro atoms. The van der Waals surface area contributed by atoms with Crippen LogP contribution in [0.2, 0.25) is 0 Å². The minimum Gasteiger partial charge on any atom is -0.489 e. The van der Waals surface area contributed by atoms with E-state index in [4.69, 9.17) is 0 Å². The van der Waals surface area contributed by atoms with Gasteiger partial charge in [-0.2, -0.15) is 17.6 Å². The van der Waals surface area contributed by atoms with Gasteiger partial charge in [-0.1, -0.05) is 0 Å². The molecule has 1 aliphatic rings. The van der Waals surface area contributed by atoms with E-state index in [-0.39, 0.29) is 0 Å². The maximum absolute atomic E-state index is 12.9. The lowest BCUT2D eigenvalue weighted by Gasteiger charge is -2.27. The van der Waals surface area contributed by atoms with Crippen LogP contribution in [0.25, 0.3) is 0 Å². The SMILES string of the molecule is CCOC1=C(F)C(F)(F)C(F)=C(F)C1(F)F. The topological polar surface area (TPSA) is 9.23 Å². The van der Waals surface area contributed by atoms with Gasteiger partial charge in [0.15, 0.2) is 0 Å². The first kappa shape index (κ1) is 12.9. The lowest BCUT2D eigenvalue weighted by Crippen LogP contribution is -2.36. The molecule has 0 fully saturated rings. The van der Waals surface area contributed by atoms with Crippen molar-refractivity contribution in [3.63, 3.8) is 0 Å². The average molecular weight is 250 g/mol. The highest BCUT2D eigenvalue weighted by atomic mass is 19.3. The van der Waals surface area contributed by atoms with Crippen molar-refractivity contribution in [3.8, 4) is 0 Å². The van der Waals surface area contributed by atoms with Crippen LogP contribution in [0.3, 0.4) is 0 Å². The smallest absolute Gasteiger partial charge is 0.360 e. The summed E-state index contributed by atoms with van der Waals surface area (Å²) in [6.45, 7) is 0.504. The van der Waals surface area contributed by atoms with Crippen molar-refractivity contribution in [3.05, 3.63) is 23.2 Å². The summed E-state index contributed by atoms with van der Waals surface area (Å²) in [6.07, 6.45) is 0. The van der Waals surface area contributed by atoms with Crippen LogP contribution < -0.4 is 0 Å². The molecule has 92 valence electrons. The molecule has 1 aliphatic carbocycles. The summed E-state index contributed by atoms with van der Waals surface area (Å²) >= 11 is 0. The first-order valence-electron chi connectivity index (χ1n) is 4.02. The molecule has 0 heterocycles. The Morgan fingerprint density at radius 1 is 0.875 bits per heavy atom. The van der Waals surface area contributed by atoms with Gasteiger partial charge in [0.25, 0.3) is 0 Å². The fourth-order valence-electron chi connectivity index (χ4n) is 1.05. The molecule has 0 aromatic carbocycles. The Labute approximate surface area is 85.2 Å². The first-order valence-corrected chi connectivity index (χ1v) is 4.02. The molecule has 1 rings (SSSR count). The zero-order chi connectivity index (χ0) is 12.7. The van der Waals surface area contributed by atoms with Gasteiger partial charge in [0.05, 0.1) is 6.61 Å². The molecule has 0 unspecified atom stereocenters. The van der Waals surface area contributed by atoms with Crippen LogP contribution in [0.5, 0.6) is 0 Å². The second-order valence-corrected chi connectivity index (χ2v) is 2.85. The van der Waals surface area contributed by atoms with E-state index in [0.29, 0.717) is 0 Å². The largest absolute Gasteiger partial charge is 0.489 e. The number of alkyl halides is 4. The van der Waals surface area contributed by atoms with Crippen LogP contribution in [-0.2, 0) is 4.74 Å². The molecule has 16 heavy (non-hydrogen) atoms. The number of ether oxygens (including phenoxy) is 1. The van der Waals surface area contributed by atoms with E-state index in [0.717, 1.165) is 6.92 Å². The van der Waals surface area contributed by atoms with E-state index in [1.54, 1.807) is 0 Å². The summed E-state index contributed by atoms with van der Waals surface area (Å²) in [4.78, 5) is 0. The number of hydrogen-bond acceptors (Lipinski definition) is 1. The molecule has 0 aromatic rings. The Kier molecular flexibility index (Phi) is 2.95. The van der Waals surface area contributed by atoms with Crippen molar-refractivity contribution in [1.82, 2.24) is 0 Å². The molecule has 0 saturated heterocycles. The van der Waals surface area contributed by atoms with Gasteiger partial charge in [-0.05, 0) is 6.92 Å². The van der Waals surface area contributed by atoms with E-state index >= 15 is 0 Å². The van der Waals surface area contributed by atoms with Crippen molar-refractivity contribution in [1.29, 1.82) is 0 Å². The third-order valence-electron chi connectivity index (χ3n) is 1.79. The van der Waals surface area contributed by atoms with E-state index < -0.39 is 41.7 Å². The minimum atomic E-state index is -5.06. The van der Waals surface area contributed by atoms with Crippen LogP contribution in [0.1, 0.15) is 6.92 Å². The Morgan fingerprint density at radius 3 is 1.75 bits per heavy atom. The summed E-state index contributed by atoms with van der Waals surface area (Å²) < 4.78 is 92.8. The van der Waals surface area contributed by atoms with E-state index in [1.165, 1.54) is 0 Å². The second kappa shape index (κ2) is 3.67. The molecule has 0 aliphatic heterocycles. The maximum atomic E-state index is 12.9. The second-order valence-electron chi connectivity index (χ2n) is 2.85. The highest BCUT2D eigenvalue weighted by molar-refractivity contribution is 5.39. The zero-order valence-electron chi connectivity index (χ0n) is 7.76. The van der Waals surface area contributed by atoms with Gasteiger partial charge < -0.3 is 4.74 Å². The third kappa shape index (κ3) is 1.56. The van der Waals surface area contributed by atoms with Crippen molar-refractivity contribution < 1.29 is 35.5 Å². The van der Waals surface area contributed by atoms with Crippen LogP contribution in [0.4, 0.5) is 30.7 Å². The van der Waals surface area contributed by atoms with Gasteiger partial charge in [0, 0.05) is 0 Å². The highest BCUT2D eigenvalue weighted by Crippen LogP contribution is 2.50. The average Bonchev–Trinajstić information content (AvgIpc) is 2.20. The predicted molar refractivity (Wildman–Crippen MR) is 38.9 cm³/mol. The standard InChI is InChI=1S/C8H5F7O/c1-2-16-6-5(11)7(12,13)3(9)4(10)8(6,14)15/h2H2,1H3. The molecule has 0 saturated carbocycles. The molecule has 0 aromatic heterocycles. The monoisotopic (exact) mass is 250 g/mol. The van der Waals surface area contributed by atoms with Gasteiger partial charge in [-0.15, -0.1) is 0 Å². The fraction of sp³-hybridized carbons (Fsp3) is 0.500. The molecule has 0 N–H and O–H groups in total. The van der Waals surface area contributed by atoms with Gasteiger partial charge in [-0.25, -0.2) is 13.2 Å². The van der Waals surface area contributed by atoms with E-state index in [2.05, 4.69) is 4.74 Å². The molecule has 0 atom stereocenters. The normalized spacial score (nSPS) is 23.8. The van der Waals surface area contributed by atoms with Gasteiger partial charge in [0.1, 0.15) is 0 Å². The Morgan fingerprint density at radius 2 is 1.31 bits per heavy atom. The minimum absolute atomic E-state index is 0.594. The van der Waals surface area contributed by atoms with Crippen molar-refractivity contribution >= 4 is 0 Å². The zero-order valence-corrected chi connectivity index (χ0v) is 7.76. The first-order chi connectivity index (χ1) is 7.17. The third-order valence-corrected chi connectivity index (χ3v) is 1.79. The summed E-state index contributed by atoms with van der Waals surface area (Å²) in [7, 11) is 0. The van der Waals surface area contributed by atoms with Crippen LogP contribution in [-0.4, -0.2) is 18.5 Å². The number of rotatable bonds is 2. The van der Waals surface area contributed by atoms with E-state index in [9.17, 15) is 30.7 Å². The quantitative estimate of drug-likeness (QED) is 0.680. The lowest BCUT2D eigenvalue weighted by atomic mass is 10.0. The van der Waals surface area contributed by atoms with Gasteiger partial charge >= 0.3 is 11.8 Å². The van der Waals surface area contributed by atoms with Crippen LogP contribution in [0.15, 0.2) is 23.2 Å². The Bertz CT molecular complexity index is 369. The maximum Gasteiger partial charge on any atom is 0.360 e.